The van der Waals surface area contributed by atoms with Crippen LogP contribution in [0.15, 0.2) is 48.5 Å². The molecule has 2 aliphatic rings. The van der Waals surface area contributed by atoms with Crippen LogP contribution in [0.5, 0.6) is 11.5 Å². The van der Waals surface area contributed by atoms with Crippen LogP contribution in [0, 0.1) is 5.92 Å². The number of benzene rings is 2. The van der Waals surface area contributed by atoms with E-state index in [1.165, 1.54) is 0 Å². The van der Waals surface area contributed by atoms with E-state index in [9.17, 15) is 9.59 Å². The third-order valence-corrected chi connectivity index (χ3v) is 4.20. The SMILES string of the molecule is O=C(Nc1ccccc1)C1CN(C(=O)c2ccc3c(c2)OCO3)C1. The lowest BCUT2D eigenvalue weighted by atomic mass is 9.97. The highest BCUT2D eigenvalue weighted by Crippen LogP contribution is 2.33. The van der Waals surface area contributed by atoms with Gasteiger partial charge >= 0.3 is 0 Å². The van der Waals surface area contributed by atoms with Crippen LogP contribution in [0.25, 0.3) is 0 Å². The molecule has 0 atom stereocenters. The van der Waals surface area contributed by atoms with Crippen molar-refractivity contribution in [2.75, 3.05) is 25.2 Å². The van der Waals surface area contributed by atoms with Crippen LogP contribution >= 0.6 is 0 Å². The van der Waals surface area contributed by atoms with Crippen LogP contribution in [0.4, 0.5) is 5.69 Å². The van der Waals surface area contributed by atoms with Crippen molar-refractivity contribution in [1.82, 2.24) is 4.90 Å². The van der Waals surface area contributed by atoms with Gasteiger partial charge in [0.2, 0.25) is 12.7 Å². The number of anilines is 1. The largest absolute Gasteiger partial charge is 0.454 e. The lowest BCUT2D eigenvalue weighted by Crippen LogP contribution is -2.54. The van der Waals surface area contributed by atoms with E-state index >= 15 is 0 Å². The van der Waals surface area contributed by atoms with Crippen LogP contribution < -0.4 is 14.8 Å². The Labute approximate surface area is 139 Å². The van der Waals surface area contributed by atoms with Crippen molar-refractivity contribution >= 4 is 17.5 Å². The van der Waals surface area contributed by atoms with Gasteiger partial charge in [-0.05, 0) is 30.3 Å². The van der Waals surface area contributed by atoms with E-state index in [0.29, 0.717) is 30.2 Å². The average molecular weight is 324 g/mol. The first-order chi connectivity index (χ1) is 11.7. The number of nitrogens with one attached hydrogen (secondary N) is 1. The molecule has 6 heteroatoms. The number of hydrogen-bond acceptors (Lipinski definition) is 4. The zero-order valence-electron chi connectivity index (χ0n) is 12.9. The van der Waals surface area contributed by atoms with E-state index in [2.05, 4.69) is 5.32 Å². The van der Waals surface area contributed by atoms with Crippen molar-refractivity contribution in [3.8, 4) is 11.5 Å². The number of nitrogens with zero attached hydrogens (tertiary/aromatic N) is 1. The number of likely N-dealkylation sites (tertiary alicyclic amines) is 1. The zero-order chi connectivity index (χ0) is 16.5. The second-order valence-electron chi connectivity index (χ2n) is 5.83. The van der Waals surface area contributed by atoms with Gasteiger partial charge in [-0.15, -0.1) is 0 Å². The van der Waals surface area contributed by atoms with Gasteiger partial charge in [0.15, 0.2) is 11.5 Å². The molecule has 2 amide bonds. The molecule has 0 bridgehead atoms. The lowest BCUT2D eigenvalue weighted by molar-refractivity contribution is -0.123. The molecule has 2 heterocycles. The van der Waals surface area contributed by atoms with Crippen molar-refractivity contribution in [3.63, 3.8) is 0 Å². The smallest absolute Gasteiger partial charge is 0.254 e. The van der Waals surface area contributed by atoms with Crippen LogP contribution in [0.1, 0.15) is 10.4 Å². The summed E-state index contributed by atoms with van der Waals surface area (Å²) in [4.78, 5) is 26.3. The number of carbonyl (C=O) groups excluding carboxylic acids is 2. The van der Waals surface area contributed by atoms with Gasteiger partial charge in [-0.3, -0.25) is 9.59 Å². The summed E-state index contributed by atoms with van der Waals surface area (Å²) < 4.78 is 10.5. The Morgan fingerprint density at radius 2 is 1.75 bits per heavy atom. The lowest BCUT2D eigenvalue weighted by Gasteiger charge is -2.38. The topological polar surface area (TPSA) is 67.9 Å². The molecule has 2 aliphatic heterocycles. The number of hydrogen-bond donors (Lipinski definition) is 1. The van der Waals surface area contributed by atoms with Gasteiger partial charge in [0, 0.05) is 24.3 Å². The Hall–Kier alpha value is -3.02. The number of fused-ring (bicyclic) bond motifs is 1. The summed E-state index contributed by atoms with van der Waals surface area (Å²) in [6.45, 7) is 1.02. The molecule has 0 spiro atoms. The fourth-order valence-electron chi connectivity index (χ4n) is 2.79. The third-order valence-electron chi connectivity index (χ3n) is 4.20. The van der Waals surface area contributed by atoms with E-state index in [1.54, 1.807) is 23.1 Å². The maximum Gasteiger partial charge on any atom is 0.254 e. The number of carbonyl (C=O) groups is 2. The molecular weight excluding hydrogens is 308 g/mol. The van der Waals surface area contributed by atoms with Crippen molar-refractivity contribution in [1.29, 1.82) is 0 Å². The Kier molecular flexibility index (Phi) is 3.57. The normalized spacial score (nSPS) is 15.8. The number of amides is 2. The maximum absolute atomic E-state index is 12.5. The minimum absolute atomic E-state index is 0.0593. The first-order valence-electron chi connectivity index (χ1n) is 7.75. The van der Waals surface area contributed by atoms with E-state index in [1.807, 2.05) is 30.3 Å². The summed E-state index contributed by atoms with van der Waals surface area (Å²) in [7, 11) is 0. The fourth-order valence-corrected chi connectivity index (χ4v) is 2.79. The predicted molar refractivity (Wildman–Crippen MR) is 87.0 cm³/mol. The third kappa shape index (κ3) is 2.67. The molecule has 0 aromatic heterocycles. The Morgan fingerprint density at radius 3 is 2.54 bits per heavy atom. The predicted octanol–water partition coefficient (Wildman–Crippen LogP) is 2.13. The van der Waals surface area contributed by atoms with E-state index in [0.717, 1.165) is 5.69 Å². The summed E-state index contributed by atoms with van der Waals surface area (Å²) in [5.41, 5.74) is 1.31. The first-order valence-corrected chi connectivity index (χ1v) is 7.75. The van der Waals surface area contributed by atoms with Crippen LogP contribution in [-0.4, -0.2) is 36.6 Å². The second-order valence-corrected chi connectivity index (χ2v) is 5.83. The molecule has 4 rings (SSSR count). The van der Waals surface area contributed by atoms with Crippen molar-refractivity contribution in [3.05, 3.63) is 54.1 Å². The minimum Gasteiger partial charge on any atom is -0.454 e. The average Bonchev–Trinajstić information content (AvgIpc) is 3.01. The van der Waals surface area contributed by atoms with Gasteiger partial charge < -0.3 is 19.7 Å². The maximum atomic E-state index is 12.5. The molecule has 24 heavy (non-hydrogen) atoms. The minimum atomic E-state index is -0.178. The van der Waals surface area contributed by atoms with Crippen LogP contribution in [-0.2, 0) is 4.79 Å². The van der Waals surface area contributed by atoms with Crippen molar-refractivity contribution < 1.29 is 19.1 Å². The molecule has 6 nitrogen and oxygen atoms in total. The van der Waals surface area contributed by atoms with E-state index in [-0.39, 0.29) is 24.5 Å². The molecule has 0 unspecified atom stereocenters. The van der Waals surface area contributed by atoms with Gasteiger partial charge in [0.05, 0.1) is 5.92 Å². The molecule has 0 radical (unpaired) electrons. The summed E-state index contributed by atoms with van der Waals surface area (Å²) in [5, 5.41) is 2.86. The summed E-state index contributed by atoms with van der Waals surface area (Å²) in [6.07, 6.45) is 0. The van der Waals surface area contributed by atoms with Crippen LogP contribution in [0.3, 0.4) is 0 Å². The molecular formula is C18H16N2O4. The standard InChI is InChI=1S/C18H16N2O4/c21-17(19-14-4-2-1-3-5-14)13-9-20(10-13)18(22)12-6-7-15-16(8-12)24-11-23-15/h1-8,13H,9-11H2,(H,19,21). The summed E-state index contributed by atoms with van der Waals surface area (Å²) >= 11 is 0. The highest BCUT2D eigenvalue weighted by atomic mass is 16.7. The molecule has 122 valence electrons. The first kappa shape index (κ1) is 14.6. The van der Waals surface area contributed by atoms with Gasteiger partial charge in [0.25, 0.3) is 5.91 Å². The van der Waals surface area contributed by atoms with Gasteiger partial charge in [0.1, 0.15) is 0 Å². The van der Waals surface area contributed by atoms with Crippen molar-refractivity contribution in [2.45, 2.75) is 0 Å². The number of rotatable bonds is 3. The van der Waals surface area contributed by atoms with Crippen LogP contribution in [0.2, 0.25) is 0 Å². The molecule has 0 saturated carbocycles. The van der Waals surface area contributed by atoms with Gasteiger partial charge in [-0.2, -0.15) is 0 Å². The van der Waals surface area contributed by atoms with E-state index in [4.69, 9.17) is 9.47 Å². The zero-order valence-corrected chi connectivity index (χ0v) is 12.9. The molecule has 1 fully saturated rings. The number of para-hydroxylation sites is 1. The molecule has 1 saturated heterocycles. The monoisotopic (exact) mass is 324 g/mol. The Bertz CT molecular complexity index is 785. The quantitative estimate of drug-likeness (QED) is 0.939. The molecule has 1 N–H and O–H groups in total. The van der Waals surface area contributed by atoms with E-state index < -0.39 is 0 Å². The highest BCUT2D eigenvalue weighted by molar-refractivity contribution is 5.98. The Balaban J connectivity index is 1.35. The second kappa shape index (κ2) is 5.88. The molecule has 2 aromatic carbocycles. The summed E-state index contributed by atoms with van der Waals surface area (Å²) in [5.74, 6) is 0.895. The van der Waals surface area contributed by atoms with Gasteiger partial charge in [-0.25, -0.2) is 0 Å². The molecule has 2 aromatic rings. The number of ether oxygens (including phenoxy) is 2. The highest BCUT2D eigenvalue weighted by Gasteiger charge is 2.36. The van der Waals surface area contributed by atoms with Gasteiger partial charge in [-0.1, -0.05) is 18.2 Å². The fraction of sp³-hybridized carbons (Fsp3) is 0.222. The van der Waals surface area contributed by atoms with Crippen molar-refractivity contribution in [2.24, 2.45) is 5.92 Å². The summed E-state index contributed by atoms with van der Waals surface area (Å²) in [6, 6.07) is 14.4. The Morgan fingerprint density at radius 1 is 1.00 bits per heavy atom. The molecule has 0 aliphatic carbocycles.